The number of anilines is 3. The second-order valence-electron chi connectivity index (χ2n) is 11.8. The van der Waals surface area contributed by atoms with Gasteiger partial charge in [0.05, 0.1) is 34.7 Å². The Kier molecular flexibility index (Phi) is 9.06. The molecule has 6 rings (SSSR count). The summed E-state index contributed by atoms with van der Waals surface area (Å²) in [6.45, 7) is -0.796. The van der Waals surface area contributed by atoms with Crippen LogP contribution in [0.1, 0.15) is 64.3 Å². The molecule has 0 aromatic heterocycles. The molecule has 10 heteroatoms. The van der Waals surface area contributed by atoms with E-state index in [9.17, 15) is 27.9 Å². The zero-order valence-electron chi connectivity index (χ0n) is 24.9. The lowest BCUT2D eigenvalue weighted by Crippen LogP contribution is -2.47. The van der Waals surface area contributed by atoms with Crippen molar-refractivity contribution < 1.29 is 27.9 Å². The molecule has 3 N–H and O–H groups in total. The lowest BCUT2D eigenvalue weighted by molar-refractivity contribution is -0.138. The Morgan fingerprint density at radius 2 is 1.57 bits per heavy atom. The predicted molar refractivity (Wildman–Crippen MR) is 173 cm³/mol. The monoisotopic (exact) mass is 647 g/mol. The van der Waals surface area contributed by atoms with Gasteiger partial charge in [-0.3, -0.25) is 14.5 Å². The van der Waals surface area contributed by atoms with Gasteiger partial charge in [0, 0.05) is 23.1 Å². The number of amides is 2. The number of fused-ring (bicyclic) bond motifs is 1. The topological polar surface area (TPSA) is 81.7 Å². The highest BCUT2D eigenvalue weighted by molar-refractivity contribution is 6.34. The van der Waals surface area contributed by atoms with Gasteiger partial charge in [0.2, 0.25) is 5.91 Å². The fraction of sp³-hybridized carbons (Fsp3) is 0.278. The Balaban J connectivity index is 1.42. The molecular formula is C36H33ClF3N3O3. The Bertz CT molecular complexity index is 1740. The summed E-state index contributed by atoms with van der Waals surface area (Å²) in [6, 6.07) is 24.5. The first-order valence-corrected chi connectivity index (χ1v) is 15.7. The molecular weight excluding hydrogens is 615 g/mol. The van der Waals surface area contributed by atoms with Crippen molar-refractivity contribution in [2.45, 2.75) is 57.0 Å². The summed E-state index contributed by atoms with van der Waals surface area (Å²) < 4.78 is 41.3. The minimum absolute atomic E-state index is 0.0628. The molecule has 2 aliphatic rings. The molecule has 4 aromatic rings. The van der Waals surface area contributed by atoms with E-state index in [0.717, 1.165) is 36.2 Å². The summed E-state index contributed by atoms with van der Waals surface area (Å²) in [5.74, 6) is -1.82. The molecule has 0 spiro atoms. The zero-order valence-corrected chi connectivity index (χ0v) is 25.6. The summed E-state index contributed by atoms with van der Waals surface area (Å²) in [6.07, 6.45) is 0.0673. The Labute approximate surface area is 270 Å². The molecule has 1 saturated carbocycles. The Hall–Kier alpha value is -4.34. The predicted octanol–water partition coefficient (Wildman–Crippen LogP) is 8.40. The standard InChI is InChI=1S/C36H33ClF3N3O3/c37-31-11-5-4-10-28(31)35(46)43-32-12-6-1-7-23(32)19-29(33(43)22-13-16-26(17-14-22)41-25-8-2-3-9-25)34(45)42-27-18-15-24(21-44)30(20-27)36(38,39)40/h1,4-7,10-18,20,25,29,33,41,44H,2-3,8-9,19,21H2,(H,42,45)/t29-,33-/m0/s1. The largest absolute Gasteiger partial charge is 0.416 e. The molecule has 4 aromatic carbocycles. The van der Waals surface area contributed by atoms with E-state index in [0.29, 0.717) is 17.3 Å². The van der Waals surface area contributed by atoms with Gasteiger partial charge in [0.1, 0.15) is 0 Å². The van der Waals surface area contributed by atoms with Crippen molar-refractivity contribution in [3.8, 4) is 0 Å². The van der Waals surface area contributed by atoms with E-state index in [1.807, 2.05) is 48.5 Å². The highest BCUT2D eigenvalue weighted by Gasteiger charge is 2.43. The van der Waals surface area contributed by atoms with Gasteiger partial charge in [-0.2, -0.15) is 13.2 Å². The number of benzene rings is 4. The molecule has 1 aliphatic heterocycles. The smallest absolute Gasteiger partial charge is 0.392 e. The molecule has 1 fully saturated rings. The maximum atomic E-state index is 14.4. The quantitative estimate of drug-likeness (QED) is 0.188. The number of nitrogens with one attached hydrogen (secondary N) is 2. The van der Waals surface area contributed by atoms with Crippen molar-refractivity contribution in [2.24, 2.45) is 5.92 Å². The Morgan fingerprint density at radius 1 is 0.891 bits per heavy atom. The van der Waals surface area contributed by atoms with Gasteiger partial charge in [-0.05, 0) is 78.4 Å². The van der Waals surface area contributed by atoms with E-state index in [-0.39, 0.29) is 28.3 Å². The third-order valence-corrected chi connectivity index (χ3v) is 9.17. The number of carbonyl (C=O) groups excluding carboxylic acids is 2. The summed E-state index contributed by atoms with van der Waals surface area (Å²) >= 11 is 6.50. The maximum Gasteiger partial charge on any atom is 0.416 e. The van der Waals surface area contributed by atoms with E-state index in [4.69, 9.17) is 11.6 Å². The summed E-state index contributed by atoms with van der Waals surface area (Å²) in [4.78, 5) is 30.1. The van der Waals surface area contributed by atoms with E-state index in [1.54, 1.807) is 29.2 Å². The van der Waals surface area contributed by atoms with Crippen LogP contribution in [0.15, 0.2) is 91.0 Å². The van der Waals surface area contributed by atoms with Gasteiger partial charge in [-0.15, -0.1) is 0 Å². The fourth-order valence-electron chi connectivity index (χ4n) is 6.59. The SMILES string of the molecule is O=C(Nc1ccc(CO)c(C(F)(F)F)c1)[C@H]1Cc2ccccc2N(C(=O)c2ccccc2Cl)[C@H]1c1ccc(NC2CCCC2)cc1. The number of carbonyl (C=O) groups is 2. The van der Waals surface area contributed by atoms with E-state index >= 15 is 0 Å². The van der Waals surface area contributed by atoms with Crippen LogP contribution in [0.3, 0.4) is 0 Å². The van der Waals surface area contributed by atoms with Crippen molar-refractivity contribution in [2.75, 3.05) is 15.5 Å². The van der Waals surface area contributed by atoms with Gasteiger partial charge in [-0.1, -0.05) is 73.0 Å². The number of hydrogen-bond acceptors (Lipinski definition) is 4. The van der Waals surface area contributed by atoms with Crippen LogP contribution in [0.25, 0.3) is 0 Å². The molecule has 46 heavy (non-hydrogen) atoms. The fourth-order valence-corrected chi connectivity index (χ4v) is 6.80. The molecule has 2 amide bonds. The minimum atomic E-state index is -4.72. The van der Waals surface area contributed by atoms with Crippen LogP contribution in [0, 0.1) is 5.92 Å². The lowest BCUT2D eigenvalue weighted by Gasteiger charge is -2.42. The normalized spacial score (nSPS) is 18.2. The van der Waals surface area contributed by atoms with Gasteiger partial charge in [0.15, 0.2) is 0 Å². The molecule has 1 heterocycles. The molecule has 2 atom stereocenters. The number of halogens is 4. The summed E-state index contributed by atoms with van der Waals surface area (Å²) in [5.41, 5.74) is 1.87. The van der Waals surface area contributed by atoms with Crippen LogP contribution < -0.4 is 15.5 Å². The molecule has 1 aliphatic carbocycles. The van der Waals surface area contributed by atoms with Crippen molar-refractivity contribution >= 4 is 40.5 Å². The van der Waals surface area contributed by atoms with Gasteiger partial charge in [0.25, 0.3) is 5.91 Å². The van der Waals surface area contributed by atoms with E-state index < -0.39 is 42.1 Å². The highest BCUT2D eigenvalue weighted by Crippen LogP contribution is 2.44. The van der Waals surface area contributed by atoms with Crippen LogP contribution >= 0.6 is 11.6 Å². The average Bonchev–Trinajstić information content (AvgIpc) is 3.57. The van der Waals surface area contributed by atoms with Crippen molar-refractivity contribution in [1.82, 2.24) is 0 Å². The van der Waals surface area contributed by atoms with Crippen molar-refractivity contribution in [3.63, 3.8) is 0 Å². The Morgan fingerprint density at radius 3 is 2.26 bits per heavy atom. The second-order valence-corrected chi connectivity index (χ2v) is 12.2. The van der Waals surface area contributed by atoms with E-state index in [2.05, 4.69) is 10.6 Å². The number of aliphatic hydroxyl groups excluding tert-OH is 1. The molecule has 0 saturated heterocycles. The minimum Gasteiger partial charge on any atom is -0.392 e. The van der Waals surface area contributed by atoms with Gasteiger partial charge < -0.3 is 15.7 Å². The highest BCUT2D eigenvalue weighted by atomic mass is 35.5. The van der Waals surface area contributed by atoms with Crippen molar-refractivity contribution in [1.29, 1.82) is 0 Å². The molecule has 6 nitrogen and oxygen atoms in total. The number of para-hydroxylation sites is 1. The number of hydrogen-bond donors (Lipinski definition) is 3. The van der Waals surface area contributed by atoms with Crippen LogP contribution in [0.5, 0.6) is 0 Å². The van der Waals surface area contributed by atoms with Crippen LogP contribution in [-0.4, -0.2) is 23.0 Å². The van der Waals surface area contributed by atoms with Crippen molar-refractivity contribution in [3.05, 3.63) is 124 Å². The number of rotatable bonds is 7. The molecule has 0 radical (unpaired) electrons. The first kappa shape index (κ1) is 31.6. The number of alkyl halides is 3. The molecule has 0 bridgehead atoms. The first-order valence-electron chi connectivity index (χ1n) is 15.3. The van der Waals surface area contributed by atoms with Gasteiger partial charge in [-0.25, -0.2) is 0 Å². The average molecular weight is 648 g/mol. The first-order chi connectivity index (χ1) is 22.1. The molecule has 238 valence electrons. The van der Waals surface area contributed by atoms with E-state index in [1.165, 1.54) is 18.9 Å². The number of aliphatic hydroxyl groups is 1. The summed E-state index contributed by atoms with van der Waals surface area (Å²) in [7, 11) is 0. The zero-order chi connectivity index (χ0) is 32.4. The lowest BCUT2D eigenvalue weighted by atomic mass is 9.80. The molecule has 0 unspecified atom stereocenters. The second kappa shape index (κ2) is 13.2. The third kappa shape index (κ3) is 6.48. The van der Waals surface area contributed by atoms with Crippen LogP contribution in [0.4, 0.5) is 30.2 Å². The summed E-state index contributed by atoms with van der Waals surface area (Å²) in [5, 5.41) is 16.0. The van der Waals surface area contributed by atoms with Crippen LogP contribution in [-0.2, 0) is 24.0 Å². The third-order valence-electron chi connectivity index (χ3n) is 8.84. The van der Waals surface area contributed by atoms with Crippen LogP contribution in [0.2, 0.25) is 5.02 Å². The number of nitrogens with zero attached hydrogens (tertiary/aromatic N) is 1. The van der Waals surface area contributed by atoms with Gasteiger partial charge >= 0.3 is 6.18 Å². The maximum absolute atomic E-state index is 14.4.